The van der Waals surface area contributed by atoms with Crippen molar-refractivity contribution in [1.82, 2.24) is 10.6 Å². The summed E-state index contributed by atoms with van der Waals surface area (Å²) in [7, 11) is 0. The van der Waals surface area contributed by atoms with E-state index in [1.54, 1.807) is 0 Å². The number of carbonyl (C=O) groups is 2. The zero-order chi connectivity index (χ0) is 14.4. The van der Waals surface area contributed by atoms with Gasteiger partial charge in [0, 0.05) is 35.4 Å². The van der Waals surface area contributed by atoms with Crippen LogP contribution in [0.4, 0.5) is 0 Å². The molecule has 1 aromatic rings. The van der Waals surface area contributed by atoms with E-state index in [-0.39, 0.29) is 18.4 Å². The Hall–Kier alpha value is -1.05. The molecule has 2 heterocycles. The number of carbonyl (C=O) groups excluding carboxylic acids is 1. The van der Waals surface area contributed by atoms with Gasteiger partial charge in [-0.25, -0.2) is 0 Å². The van der Waals surface area contributed by atoms with Gasteiger partial charge in [0.05, 0.1) is 12.5 Å². The van der Waals surface area contributed by atoms with Crippen molar-refractivity contribution in [2.45, 2.75) is 24.9 Å². The van der Waals surface area contributed by atoms with Gasteiger partial charge in [-0.1, -0.05) is 6.07 Å². The smallest absolute Gasteiger partial charge is 0.305 e. The lowest BCUT2D eigenvalue weighted by atomic mass is 10.1. The van der Waals surface area contributed by atoms with Crippen molar-refractivity contribution in [3.63, 3.8) is 0 Å². The van der Waals surface area contributed by atoms with E-state index in [2.05, 4.69) is 10.6 Å². The molecule has 0 aliphatic carbocycles. The molecular weight excluding hydrogens is 296 g/mol. The van der Waals surface area contributed by atoms with Crippen LogP contribution in [-0.2, 0) is 9.59 Å². The molecule has 0 spiro atoms. The van der Waals surface area contributed by atoms with Crippen molar-refractivity contribution in [3.05, 3.63) is 22.4 Å². The van der Waals surface area contributed by atoms with Crippen LogP contribution in [0.3, 0.4) is 0 Å². The van der Waals surface area contributed by atoms with Crippen molar-refractivity contribution in [2.75, 3.05) is 18.1 Å². The highest BCUT2D eigenvalue weighted by atomic mass is 32.2. The maximum atomic E-state index is 12.0. The van der Waals surface area contributed by atoms with E-state index in [1.807, 2.05) is 29.3 Å². The Bertz CT molecular complexity index is 444. The molecule has 5 nitrogen and oxygen atoms in total. The molecule has 1 amide bonds. The highest BCUT2D eigenvalue weighted by Gasteiger charge is 2.22. The van der Waals surface area contributed by atoms with Gasteiger partial charge < -0.3 is 15.7 Å². The van der Waals surface area contributed by atoms with Gasteiger partial charge in [0.25, 0.3) is 0 Å². The van der Waals surface area contributed by atoms with Gasteiger partial charge >= 0.3 is 5.97 Å². The molecule has 0 radical (unpaired) electrons. The van der Waals surface area contributed by atoms with Gasteiger partial charge in [-0.15, -0.1) is 11.3 Å². The summed E-state index contributed by atoms with van der Waals surface area (Å²) in [6, 6.07) is 3.46. The summed E-state index contributed by atoms with van der Waals surface area (Å²) in [4.78, 5) is 23.8. The maximum absolute atomic E-state index is 12.0. The number of rotatable bonds is 6. The van der Waals surface area contributed by atoms with Crippen molar-refractivity contribution in [3.8, 4) is 0 Å². The molecule has 0 aromatic carbocycles. The third-order valence-corrected chi connectivity index (χ3v) is 5.15. The van der Waals surface area contributed by atoms with E-state index in [4.69, 9.17) is 5.11 Å². The Kier molecular flexibility index (Phi) is 5.87. The molecule has 110 valence electrons. The lowest BCUT2D eigenvalue weighted by Crippen LogP contribution is -2.42. The number of hydrogen-bond acceptors (Lipinski definition) is 5. The summed E-state index contributed by atoms with van der Waals surface area (Å²) in [5, 5.41) is 17.0. The molecule has 1 fully saturated rings. The van der Waals surface area contributed by atoms with E-state index >= 15 is 0 Å². The number of thiophene rings is 1. The van der Waals surface area contributed by atoms with Gasteiger partial charge in [-0.3, -0.25) is 9.59 Å². The number of carboxylic acid groups (broad SMARTS) is 1. The minimum Gasteiger partial charge on any atom is -0.481 e. The largest absolute Gasteiger partial charge is 0.481 e. The van der Waals surface area contributed by atoms with E-state index in [0.29, 0.717) is 6.42 Å². The Morgan fingerprint density at radius 1 is 1.55 bits per heavy atom. The lowest BCUT2D eigenvalue weighted by molar-refractivity contribution is -0.137. The quantitative estimate of drug-likeness (QED) is 0.741. The van der Waals surface area contributed by atoms with Gasteiger partial charge in [-0.2, -0.15) is 11.8 Å². The lowest BCUT2D eigenvalue weighted by Gasteiger charge is -2.23. The SMILES string of the molecule is O=C(O)CC(NC(=O)CC1CSCCN1)c1cccs1. The van der Waals surface area contributed by atoms with Gasteiger partial charge in [-0.05, 0) is 11.4 Å². The van der Waals surface area contributed by atoms with Crippen LogP contribution in [0.1, 0.15) is 23.8 Å². The van der Waals surface area contributed by atoms with Crippen molar-refractivity contribution in [2.24, 2.45) is 0 Å². The molecule has 2 atom stereocenters. The zero-order valence-corrected chi connectivity index (χ0v) is 12.6. The summed E-state index contributed by atoms with van der Waals surface area (Å²) in [6.07, 6.45) is 0.313. The molecule has 2 rings (SSSR count). The Labute approximate surface area is 126 Å². The third kappa shape index (κ3) is 4.81. The van der Waals surface area contributed by atoms with E-state index < -0.39 is 12.0 Å². The topological polar surface area (TPSA) is 78.4 Å². The Balaban J connectivity index is 1.89. The average molecular weight is 314 g/mol. The van der Waals surface area contributed by atoms with Crippen LogP contribution in [0.25, 0.3) is 0 Å². The normalized spacial score (nSPS) is 20.3. The van der Waals surface area contributed by atoms with Crippen LogP contribution in [0, 0.1) is 0 Å². The number of amides is 1. The molecule has 20 heavy (non-hydrogen) atoms. The first-order valence-electron chi connectivity index (χ1n) is 6.51. The fourth-order valence-electron chi connectivity index (χ4n) is 2.11. The highest BCUT2D eigenvalue weighted by Crippen LogP contribution is 2.22. The number of thioether (sulfide) groups is 1. The van der Waals surface area contributed by atoms with Crippen LogP contribution in [0.2, 0.25) is 0 Å². The van der Waals surface area contributed by atoms with Crippen LogP contribution >= 0.6 is 23.1 Å². The van der Waals surface area contributed by atoms with Gasteiger partial charge in [0.15, 0.2) is 0 Å². The fraction of sp³-hybridized carbons (Fsp3) is 0.538. The van der Waals surface area contributed by atoms with Crippen LogP contribution in [0.5, 0.6) is 0 Å². The minimum atomic E-state index is -0.907. The Morgan fingerprint density at radius 2 is 2.40 bits per heavy atom. The molecule has 1 saturated heterocycles. The molecule has 3 N–H and O–H groups in total. The predicted octanol–water partition coefficient (Wildman–Crippen LogP) is 1.48. The predicted molar refractivity (Wildman–Crippen MR) is 81.2 cm³/mol. The van der Waals surface area contributed by atoms with Crippen molar-refractivity contribution >= 4 is 35.0 Å². The van der Waals surface area contributed by atoms with Crippen LogP contribution < -0.4 is 10.6 Å². The fourth-order valence-corrected chi connectivity index (χ4v) is 3.84. The number of nitrogens with one attached hydrogen (secondary N) is 2. The Morgan fingerprint density at radius 3 is 3.00 bits per heavy atom. The van der Waals surface area contributed by atoms with E-state index in [1.165, 1.54) is 11.3 Å². The molecule has 1 aliphatic rings. The minimum absolute atomic E-state index is 0.0842. The van der Waals surface area contributed by atoms with Gasteiger partial charge in [0.2, 0.25) is 5.91 Å². The first-order valence-corrected chi connectivity index (χ1v) is 8.54. The molecule has 1 aliphatic heterocycles. The second kappa shape index (κ2) is 7.66. The van der Waals surface area contributed by atoms with E-state index in [0.717, 1.165) is 22.9 Å². The summed E-state index contributed by atoms with van der Waals surface area (Å²) in [6.45, 7) is 0.923. The standard InChI is InChI=1S/C13H18N2O3S2/c16-12(6-9-8-19-5-3-14-9)15-10(7-13(17)18)11-2-1-4-20-11/h1-2,4,9-10,14H,3,5-8H2,(H,15,16)(H,17,18). The zero-order valence-electron chi connectivity index (χ0n) is 11.0. The molecule has 0 saturated carbocycles. The molecule has 0 bridgehead atoms. The number of hydrogen-bond donors (Lipinski definition) is 3. The number of aliphatic carboxylic acids is 1. The molecule has 1 aromatic heterocycles. The van der Waals surface area contributed by atoms with Crippen LogP contribution in [-0.4, -0.2) is 41.1 Å². The molecule has 7 heteroatoms. The third-order valence-electron chi connectivity index (χ3n) is 3.03. The summed E-state index contributed by atoms with van der Waals surface area (Å²) in [5.74, 6) is 1.00. The highest BCUT2D eigenvalue weighted by molar-refractivity contribution is 7.99. The molecular formula is C13H18N2O3S2. The van der Waals surface area contributed by atoms with Crippen molar-refractivity contribution in [1.29, 1.82) is 0 Å². The summed E-state index contributed by atoms with van der Waals surface area (Å²) >= 11 is 3.30. The second-order valence-electron chi connectivity index (χ2n) is 4.66. The number of carboxylic acids is 1. The van der Waals surface area contributed by atoms with Gasteiger partial charge in [0.1, 0.15) is 0 Å². The monoisotopic (exact) mass is 314 g/mol. The maximum Gasteiger partial charge on any atom is 0.305 e. The van der Waals surface area contributed by atoms with E-state index in [9.17, 15) is 9.59 Å². The first kappa shape index (κ1) is 15.3. The first-order chi connectivity index (χ1) is 9.65. The van der Waals surface area contributed by atoms with Crippen LogP contribution in [0.15, 0.2) is 17.5 Å². The van der Waals surface area contributed by atoms with Crippen molar-refractivity contribution < 1.29 is 14.7 Å². The average Bonchev–Trinajstić information content (AvgIpc) is 2.92. The summed E-state index contributed by atoms with van der Waals surface area (Å²) in [5.41, 5.74) is 0. The molecule has 2 unspecified atom stereocenters. The summed E-state index contributed by atoms with van der Waals surface area (Å²) < 4.78 is 0. The second-order valence-corrected chi connectivity index (χ2v) is 6.79.